The van der Waals surface area contributed by atoms with E-state index in [9.17, 15) is 9.79 Å². The minimum absolute atomic E-state index is 1.75. The van der Waals surface area contributed by atoms with Crippen molar-refractivity contribution in [3.63, 3.8) is 0 Å². The zero-order valence-electron chi connectivity index (χ0n) is 10.3. The summed E-state index contributed by atoms with van der Waals surface area (Å²) < 4.78 is 0. The van der Waals surface area contributed by atoms with Gasteiger partial charge in [0.15, 0.2) is 0 Å². The quantitative estimate of drug-likeness (QED) is 0.322. The second kappa shape index (κ2) is 12.6. The molecule has 0 saturated heterocycles. The van der Waals surface area contributed by atoms with Crippen molar-refractivity contribution < 1.29 is 24.7 Å². The average molecular weight is 334 g/mol. The molecule has 0 aliphatic heterocycles. The SMILES string of the molecule is [O-]P([O-])(=S)[S-].c1c[nH+]c[nH]1.c1c[nH+]c[nH]1.c1c[nH+]c[nH]1. The maximum Gasteiger partial charge on any atom is 0.239 e. The Labute approximate surface area is 126 Å². The average Bonchev–Trinajstić information content (AvgIpc) is 3.17. The first kappa shape index (κ1) is 18.6. The molecule has 0 aromatic carbocycles. The Morgan fingerprint density at radius 3 is 1.10 bits per heavy atom. The van der Waals surface area contributed by atoms with E-state index in [1.54, 1.807) is 19.0 Å². The van der Waals surface area contributed by atoms with E-state index >= 15 is 0 Å². The van der Waals surface area contributed by atoms with Crippen LogP contribution in [-0.2, 0) is 24.1 Å². The molecule has 11 heteroatoms. The monoisotopic (exact) mass is 334 g/mol. The van der Waals surface area contributed by atoms with E-state index in [0.29, 0.717) is 0 Å². The van der Waals surface area contributed by atoms with Crippen molar-refractivity contribution in [1.29, 1.82) is 0 Å². The molecule has 0 fully saturated rings. The Bertz CT molecular complexity index is 388. The van der Waals surface area contributed by atoms with Gasteiger partial charge in [-0.05, 0) is 0 Å². The summed E-state index contributed by atoms with van der Waals surface area (Å²) in [5, 5.41) is 0. The zero-order chi connectivity index (χ0) is 15.1. The Hall–Kier alpha value is -1.45. The second-order valence-corrected chi connectivity index (χ2v) is 7.35. The number of imidazole rings is 3. The minimum atomic E-state index is -3.72. The second-order valence-electron chi connectivity index (χ2n) is 2.88. The molecule has 0 atom stereocenters. The fraction of sp³-hybridized carbons (Fsp3) is 0. The van der Waals surface area contributed by atoms with Crippen LogP contribution in [0.5, 0.6) is 0 Å². The van der Waals surface area contributed by atoms with Crippen LogP contribution in [0, 0.1) is 0 Å². The van der Waals surface area contributed by atoms with Crippen LogP contribution in [0.2, 0.25) is 0 Å². The fourth-order valence-corrected chi connectivity index (χ4v) is 0.722. The molecular formula is C9H15N6O2PS2. The van der Waals surface area contributed by atoms with Crippen molar-refractivity contribution in [2.24, 2.45) is 0 Å². The minimum Gasteiger partial charge on any atom is -0.850 e. The van der Waals surface area contributed by atoms with Crippen LogP contribution in [0.4, 0.5) is 0 Å². The van der Waals surface area contributed by atoms with Gasteiger partial charge in [-0.25, -0.2) is 0 Å². The Morgan fingerprint density at radius 1 is 0.800 bits per heavy atom. The number of hydrogen-bond acceptors (Lipinski definition) is 4. The molecule has 0 saturated carbocycles. The van der Waals surface area contributed by atoms with Gasteiger partial charge in [0, 0.05) is 0 Å². The normalized spacial score (nSPS) is 8.95. The lowest BCUT2D eigenvalue weighted by Crippen LogP contribution is -2.08. The molecule has 0 spiro atoms. The molecule has 8 nitrogen and oxygen atoms in total. The molecule has 110 valence electrons. The molecule has 0 aliphatic carbocycles. The van der Waals surface area contributed by atoms with Gasteiger partial charge in [0.25, 0.3) is 0 Å². The molecule has 0 unspecified atom stereocenters. The van der Waals surface area contributed by atoms with Gasteiger partial charge in [0.1, 0.15) is 37.2 Å². The summed E-state index contributed by atoms with van der Waals surface area (Å²) >= 11 is 7.28. The Kier molecular flexibility index (Phi) is 11.7. The van der Waals surface area contributed by atoms with Gasteiger partial charge in [-0.15, -0.1) is 0 Å². The summed E-state index contributed by atoms with van der Waals surface area (Å²) in [6.45, 7) is 0. The molecule has 3 aromatic rings. The van der Waals surface area contributed by atoms with Crippen LogP contribution in [0.1, 0.15) is 0 Å². The summed E-state index contributed by atoms with van der Waals surface area (Å²) in [4.78, 5) is 35.4. The van der Waals surface area contributed by atoms with Crippen LogP contribution in [-0.4, -0.2) is 15.0 Å². The highest BCUT2D eigenvalue weighted by Gasteiger charge is 1.66. The van der Waals surface area contributed by atoms with Gasteiger partial charge in [-0.1, -0.05) is 0 Å². The van der Waals surface area contributed by atoms with E-state index in [1.807, 2.05) is 37.2 Å². The lowest BCUT2D eigenvalue weighted by molar-refractivity contribution is -0.376. The summed E-state index contributed by atoms with van der Waals surface area (Å²) in [5.41, 5.74) is -3.72. The molecule has 20 heavy (non-hydrogen) atoms. The maximum absolute atomic E-state index is 9.29. The number of H-pyrrole nitrogens is 6. The van der Waals surface area contributed by atoms with Gasteiger partial charge in [0.05, 0.1) is 0 Å². The third-order valence-electron chi connectivity index (χ3n) is 1.33. The number of rotatable bonds is 0. The zero-order valence-corrected chi connectivity index (χ0v) is 12.8. The molecule has 6 N–H and O–H groups in total. The lowest BCUT2D eigenvalue weighted by Gasteiger charge is -2.44. The van der Waals surface area contributed by atoms with Gasteiger partial charge in [-0.3, -0.25) is 29.9 Å². The third-order valence-corrected chi connectivity index (χ3v) is 1.33. The van der Waals surface area contributed by atoms with E-state index in [0.717, 1.165) is 0 Å². The van der Waals surface area contributed by atoms with Crippen molar-refractivity contribution in [2.45, 2.75) is 0 Å². The fourth-order valence-electron chi connectivity index (χ4n) is 0.722. The molecule has 0 aliphatic rings. The Balaban J connectivity index is 0.000000241. The molecule has 3 aromatic heterocycles. The summed E-state index contributed by atoms with van der Waals surface area (Å²) in [5.74, 6) is 0. The largest absolute Gasteiger partial charge is 0.850 e. The standard InChI is InChI=1S/3C3H4N2.H3O2PS2/c3*1-2-5-3-4-1;1-3(2,4)5/h3*1-3H,(H,4,5);(H3,1,2,4,5). The molecule has 3 heterocycles. The van der Waals surface area contributed by atoms with Crippen molar-refractivity contribution >= 4 is 29.7 Å². The van der Waals surface area contributed by atoms with Crippen molar-refractivity contribution in [3.8, 4) is 0 Å². The van der Waals surface area contributed by atoms with Crippen LogP contribution in [0.3, 0.4) is 0 Å². The van der Waals surface area contributed by atoms with Crippen molar-refractivity contribution in [2.75, 3.05) is 0 Å². The first-order valence-electron chi connectivity index (χ1n) is 5.19. The van der Waals surface area contributed by atoms with E-state index in [1.165, 1.54) is 0 Å². The van der Waals surface area contributed by atoms with E-state index < -0.39 is 5.69 Å². The lowest BCUT2D eigenvalue weighted by atomic mass is 11.0. The smallest absolute Gasteiger partial charge is 0.239 e. The summed E-state index contributed by atoms with van der Waals surface area (Å²) in [6.07, 6.45) is 16.2. The highest BCUT2D eigenvalue weighted by molar-refractivity contribution is 8.49. The topological polar surface area (TPSA) is 136 Å². The number of hydrogen-bond donors (Lipinski definition) is 3. The highest BCUT2D eigenvalue weighted by atomic mass is 32.9. The molecule has 0 amide bonds. The number of aromatic nitrogens is 6. The van der Waals surface area contributed by atoms with Crippen molar-refractivity contribution in [3.05, 3.63) is 56.2 Å². The predicted octanol–water partition coefficient (Wildman–Crippen LogP) is -2.04. The van der Waals surface area contributed by atoms with E-state index in [-0.39, 0.29) is 0 Å². The van der Waals surface area contributed by atoms with Crippen molar-refractivity contribution in [1.82, 2.24) is 15.0 Å². The molecular weight excluding hydrogens is 319 g/mol. The summed E-state index contributed by atoms with van der Waals surface area (Å²) in [6, 6.07) is 0. The van der Waals surface area contributed by atoms with E-state index in [2.05, 4.69) is 54.0 Å². The Morgan fingerprint density at radius 2 is 1.05 bits per heavy atom. The third kappa shape index (κ3) is 21.8. The van der Waals surface area contributed by atoms with E-state index in [4.69, 9.17) is 0 Å². The first-order chi connectivity index (χ1) is 9.50. The van der Waals surface area contributed by atoms with Gasteiger partial charge in [-0.2, -0.15) is 11.8 Å². The van der Waals surface area contributed by atoms with Gasteiger partial charge >= 0.3 is 0 Å². The maximum atomic E-state index is 9.29. The predicted molar refractivity (Wildman–Crippen MR) is 73.7 cm³/mol. The molecule has 0 radical (unpaired) electrons. The summed E-state index contributed by atoms with van der Waals surface area (Å²) in [7, 11) is 0. The van der Waals surface area contributed by atoms with Gasteiger partial charge in [0.2, 0.25) is 19.0 Å². The van der Waals surface area contributed by atoms with Crippen LogP contribution in [0.15, 0.2) is 56.2 Å². The number of nitrogens with one attached hydrogen (secondary N) is 6. The van der Waals surface area contributed by atoms with Crippen LogP contribution >= 0.6 is 5.69 Å². The molecule has 0 bridgehead atoms. The highest BCUT2D eigenvalue weighted by Crippen LogP contribution is 2.16. The van der Waals surface area contributed by atoms with Crippen LogP contribution < -0.4 is 24.7 Å². The first-order valence-corrected chi connectivity index (χ1v) is 8.85. The van der Waals surface area contributed by atoms with Crippen LogP contribution in [0.25, 0.3) is 0 Å². The number of aromatic amines is 6. The van der Waals surface area contributed by atoms with Gasteiger partial charge < -0.3 is 27.7 Å². The molecule has 3 rings (SSSR count).